The van der Waals surface area contributed by atoms with E-state index < -0.39 is 0 Å². The largest absolute Gasteiger partial charge is 0.496 e. The van der Waals surface area contributed by atoms with Gasteiger partial charge in [0.2, 0.25) is 0 Å². The minimum absolute atomic E-state index is 0.373. The number of methoxy groups -OCH3 is 4. The van der Waals surface area contributed by atoms with E-state index in [1.807, 2.05) is 36.4 Å². The summed E-state index contributed by atoms with van der Waals surface area (Å²) >= 11 is 6.46. The molecule has 0 bridgehead atoms. The first-order chi connectivity index (χ1) is 23.3. The van der Waals surface area contributed by atoms with Gasteiger partial charge in [-0.2, -0.15) is 0 Å². The van der Waals surface area contributed by atoms with Crippen molar-refractivity contribution in [2.24, 2.45) is 0 Å². The maximum absolute atomic E-state index is 12.9. The lowest BCUT2D eigenvalue weighted by Crippen LogP contribution is -2.16. The molecule has 7 rings (SSSR count). The van der Waals surface area contributed by atoms with Crippen LogP contribution in [0.15, 0.2) is 60.7 Å². The number of benzene rings is 4. The van der Waals surface area contributed by atoms with Gasteiger partial charge in [0.15, 0.2) is 12.6 Å². The van der Waals surface area contributed by atoms with Crippen molar-refractivity contribution in [3.8, 4) is 23.0 Å². The van der Waals surface area contributed by atoms with E-state index in [4.69, 9.17) is 30.5 Å². The van der Waals surface area contributed by atoms with Gasteiger partial charge in [-0.1, -0.05) is 48.0 Å². The molecule has 0 spiro atoms. The van der Waals surface area contributed by atoms with Crippen molar-refractivity contribution in [3.05, 3.63) is 116 Å². The van der Waals surface area contributed by atoms with Gasteiger partial charge < -0.3 is 28.1 Å². The summed E-state index contributed by atoms with van der Waals surface area (Å²) in [6.07, 6.45) is 1.72. The second-order valence-corrected chi connectivity index (χ2v) is 12.5. The number of aromatic nitrogens is 2. The quantitative estimate of drug-likeness (QED) is 0.160. The Bertz CT molecular complexity index is 2130. The zero-order valence-corrected chi connectivity index (χ0v) is 28.4. The topological polar surface area (TPSA) is 80.9 Å². The molecule has 0 aliphatic carbocycles. The third kappa shape index (κ3) is 4.50. The van der Waals surface area contributed by atoms with E-state index in [1.165, 1.54) is 0 Å². The highest BCUT2D eigenvalue weighted by Gasteiger charge is 2.36. The van der Waals surface area contributed by atoms with Gasteiger partial charge in [0.25, 0.3) is 0 Å². The third-order valence-corrected chi connectivity index (χ3v) is 10.1. The molecule has 1 aliphatic rings. The Hall–Kier alpha value is -5.21. The Kier molecular flexibility index (Phi) is 7.92. The average molecular weight is 663 g/mol. The molecule has 48 heavy (non-hydrogen) atoms. The SMILES string of the molecule is COc1cc(OC)c2c(C)c3n(c2c1C=O)Cc1ccccc1Cn1c(c(C)c2c(OC)cc(OC)c(C=O)c21)C3c1ccc(Cl)cc1. The first-order valence-electron chi connectivity index (χ1n) is 15.6. The number of aldehydes is 2. The number of carbonyl (C=O) groups is 2. The molecule has 0 saturated heterocycles. The summed E-state index contributed by atoms with van der Waals surface area (Å²) in [6, 6.07) is 19.7. The summed E-state index contributed by atoms with van der Waals surface area (Å²) in [6.45, 7) is 5.11. The van der Waals surface area contributed by atoms with Crippen LogP contribution in [0.25, 0.3) is 21.8 Å². The lowest BCUT2D eigenvalue weighted by Gasteiger charge is -2.24. The molecule has 0 amide bonds. The third-order valence-electron chi connectivity index (χ3n) is 9.81. The molecule has 8 nitrogen and oxygen atoms in total. The molecule has 6 aromatic rings. The second-order valence-electron chi connectivity index (χ2n) is 12.0. The molecule has 1 aliphatic heterocycles. The molecular formula is C39H35ClN2O6. The van der Waals surface area contributed by atoms with Gasteiger partial charge in [0, 0.05) is 52.4 Å². The van der Waals surface area contributed by atoms with E-state index in [0.717, 1.165) is 73.6 Å². The zero-order valence-electron chi connectivity index (χ0n) is 27.6. The smallest absolute Gasteiger partial charge is 0.155 e. The minimum atomic E-state index is -0.373. The van der Waals surface area contributed by atoms with Crippen molar-refractivity contribution in [3.63, 3.8) is 0 Å². The number of hydrogen-bond acceptors (Lipinski definition) is 6. The number of aryl methyl sites for hydroxylation is 2. The Balaban J connectivity index is 1.77. The van der Waals surface area contributed by atoms with Gasteiger partial charge in [0.05, 0.1) is 56.5 Å². The second kappa shape index (κ2) is 12.1. The fraction of sp³-hybridized carbons (Fsp3) is 0.231. The molecule has 0 N–H and O–H groups in total. The van der Waals surface area contributed by atoms with Crippen LogP contribution in [0, 0.1) is 13.8 Å². The highest BCUT2D eigenvalue weighted by Crippen LogP contribution is 2.50. The Morgan fingerprint density at radius 3 is 1.44 bits per heavy atom. The van der Waals surface area contributed by atoms with Gasteiger partial charge in [-0.3, -0.25) is 9.59 Å². The predicted molar refractivity (Wildman–Crippen MR) is 187 cm³/mol. The highest BCUT2D eigenvalue weighted by molar-refractivity contribution is 6.30. The lowest BCUT2D eigenvalue weighted by molar-refractivity contribution is 0.111. The normalized spacial score (nSPS) is 12.8. The van der Waals surface area contributed by atoms with Crippen LogP contribution >= 0.6 is 11.6 Å². The Labute approximate surface area is 283 Å². The van der Waals surface area contributed by atoms with Gasteiger partial charge in [0.1, 0.15) is 23.0 Å². The average Bonchev–Trinajstić information content (AvgIpc) is 3.57. The first kappa shape index (κ1) is 31.4. The molecule has 0 unspecified atom stereocenters. The molecule has 0 saturated carbocycles. The van der Waals surface area contributed by atoms with E-state index >= 15 is 0 Å². The number of carbonyl (C=O) groups excluding carboxylic acids is 2. The zero-order chi connectivity index (χ0) is 33.9. The monoisotopic (exact) mass is 662 g/mol. The molecule has 2 aromatic heterocycles. The maximum Gasteiger partial charge on any atom is 0.155 e. The standard InChI is InChI=1S/C39H35ClN2O6/c1-21-33-31(47-5)15-29(45-3)27(19-43)38(33)41-17-24-9-7-8-10-25(24)18-42-37(35(36(21)41)23-11-13-26(40)14-12-23)22(2)34-32(48-6)16-30(46-4)28(20-44)39(34)42/h7-16,19-20,35H,17-18H2,1-6H3. The Morgan fingerprint density at radius 2 is 1.06 bits per heavy atom. The summed E-state index contributed by atoms with van der Waals surface area (Å²) in [5.41, 5.74) is 9.36. The van der Waals surface area contributed by atoms with Crippen molar-refractivity contribution < 1.29 is 28.5 Å². The van der Waals surface area contributed by atoms with Crippen LogP contribution in [0.3, 0.4) is 0 Å². The van der Waals surface area contributed by atoms with E-state index in [1.54, 1.807) is 40.6 Å². The van der Waals surface area contributed by atoms with Gasteiger partial charge >= 0.3 is 0 Å². The van der Waals surface area contributed by atoms with Gasteiger partial charge in [-0.05, 0) is 53.8 Å². The van der Waals surface area contributed by atoms with Crippen molar-refractivity contribution >= 4 is 46.0 Å². The van der Waals surface area contributed by atoms with Crippen LogP contribution < -0.4 is 18.9 Å². The van der Waals surface area contributed by atoms with Crippen LogP contribution in [0.5, 0.6) is 23.0 Å². The first-order valence-corrected chi connectivity index (χ1v) is 16.0. The van der Waals surface area contributed by atoms with E-state index in [2.05, 4.69) is 35.1 Å². The van der Waals surface area contributed by atoms with Crippen LogP contribution in [-0.4, -0.2) is 50.1 Å². The van der Waals surface area contributed by atoms with Gasteiger partial charge in [-0.15, -0.1) is 0 Å². The lowest BCUT2D eigenvalue weighted by atomic mass is 9.87. The molecule has 244 valence electrons. The van der Waals surface area contributed by atoms with Gasteiger partial charge in [-0.25, -0.2) is 0 Å². The summed E-state index contributed by atoms with van der Waals surface area (Å²) in [5, 5.41) is 2.29. The van der Waals surface area contributed by atoms with Crippen LogP contribution in [0.1, 0.15) is 65.8 Å². The molecule has 0 radical (unpaired) electrons. The number of halogens is 1. The van der Waals surface area contributed by atoms with E-state index in [9.17, 15) is 9.59 Å². The molecule has 4 aromatic carbocycles. The minimum Gasteiger partial charge on any atom is -0.496 e. The molecule has 0 fully saturated rings. The number of rotatable bonds is 7. The van der Waals surface area contributed by atoms with Crippen LogP contribution in [0.4, 0.5) is 0 Å². The number of fused-ring (bicyclic) bond motifs is 7. The van der Waals surface area contributed by atoms with E-state index in [0.29, 0.717) is 52.2 Å². The van der Waals surface area contributed by atoms with Crippen molar-refractivity contribution in [2.75, 3.05) is 28.4 Å². The molecule has 0 atom stereocenters. The number of nitrogens with zero attached hydrogens (tertiary/aromatic N) is 2. The highest BCUT2D eigenvalue weighted by atomic mass is 35.5. The summed E-state index contributed by atoms with van der Waals surface area (Å²) in [4.78, 5) is 25.8. The summed E-state index contributed by atoms with van der Waals surface area (Å²) in [5.74, 6) is 1.71. The predicted octanol–water partition coefficient (Wildman–Crippen LogP) is 8.12. The molecular weight excluding hydrogens is 628 g/mol. The number of ether oxygens (including phenoxy) is 4. The summed E-state index contributed by atoms with van der Waals surface area (Å²) in [7, 11) is 6.37. The molecule has 3 heterocycles. The molecule has 9 heteroatoms. The maximum atomic E-state index is 12.9. The van der Waals surface area contributed by atoms with Crippen LogP contribution in [-0.2, 0) is 13.1 Å². The summed E-state index contributed by atoms with van der Waals surface area (Å²) < 4.78 is 27.9. The van der Waals surface area contributed by atoms with Crippen molar-refractivity contribution in [1.29, 1.82) is 0 Å². The fourth-order valence-electron chi connectivity index (χ4n) is 7.73. The van der Waals surface area contributed by atoms with Crippen molar-refractivity contribution in [1.82, 2.24) is 9.13 Å². The fourth-order valence-corrected chi connectivity index (χ4v) is 7.86. The van der Waals surface area contributed by atoms with E-state index in [-0.39, 0.29) is 5.92 Å². The number of hydrogen-bond donors (Lipinski definition) is 0. The van der Waals surface area contributed by atoms with Crippen molar-refractivity contribution in [2.45, 2.75) is 32.9 Å². The Morgan fingerprint density at radius 1 is 0.646 bits per heavy atom. The van der Waals surface area contributed by atoms with Crippen LogP contribution in [0.2, 0.25) is 5.02 Å².